The van der Waals surface area contributed by atoms with Gasteiger partial charge in [-0.3, -0.25) is 14.9 Å². The van der Waals surface area contributed by atoms with Gasteiger partial charge in [-0.15, -0.1) is 22.7 Å². The van der Waals surface area contributed by atoms with Crippen LogP contribution in [0.15, 0.2) is 53.2 Å². The molecule has 156 valence electrons. The Balaban J connectivity index is 1.43. The Labute approximate surface area is 184 Å². The lowest BCUT2D eigenvalue weighted by atomic mass is 10.1. The molecule has 0 bridgehead atoms. The molecule has 0 aliphatic carbocycles. The number of carbonyl (C=O) groups is 1. The Bertz CT molecular complexity index is 1290. The van der Waals surface area contributed by atoms with Crippen LogP contribution in [-0.4, -0.2) is 20.8 Å². The van der Waals surface area contributed by atoms with Crippen molar-refractivity contribution in [1.29, 1.82) is 0 Å². The first kappa shape index (κ1) is 20.8. The van der Waals surface area contributed by atoms with Gasteiger partial charge >= 0.3 is 0 Å². The van der Waals surface area contributed by atoms with Gasteiger partial charge in [-0.05, 0) is 19.1 Å². The molecule has 2 aromatic carbocycles. The van der Waals surface area contributed by atoms with E-state index in [0.717, 1.165) is 0 Å². The molecule has 0 radical (unpaired) electrons. The minimum Gasteiger partial charge on any atom is -0.302 e. The van der Waals surface area contributed by atoms with Gasteiger partial charge < -0.3 is 5.32 Å². The SMILES string of the molecule is Cc1ccc(-c2csc(NC(=O)Cc3csc(-c4cccc(F)c4)n3)n2)cc1[N+](=O)[O-]. The summed E-state index contributed by atoms with van der Waals surface area (Å²) in [5, 5.41) is 18.4. The zero-order chi connectivity index (χ0) is 22.0. The lowest BCUT2D eigenvalue weighted by molar-refractivity contribution is -0.385. The van der Waals surface area contributed by atoms with Crippen molar-refractivity contribution in [2.75, 3.05) is 5.32 Å². The van der Waals surface area contributed by atoms with Crippen LogP contribution in [0.4, 0.5) is 15.2 Å². The molecule has 0 atom stereocenters. The molecule has 0 aliphatic rings. The highest BCUT2D eigenvalue weighted by molar-refractivity contribution is 7.14. The van der Waals surface area contributed by atoms with Gasteiger partial charge in [-0.1, -0.05) is 24.3 Å². The Morgan fingerprint density at radius 1 is 1.13 bits per heavy atom. The van der Waals surface area contributed by atoms with Crippen molar-refractivity contribution < 1.29 is 14.1 Å². The summed E-state index contributed by atoms with van der Waals surface area (Å²) < 4.78 is 13.4. The molecule has 0 saturated carbocycles. The van der Waals surface area contributed by atoms with E-state index in [-0.39, 0.29) is 23.8 Å². The van der Waals surface area contributed by atoms with E-state index in [4.69, 9.17) is 0 Å². The predicted molar refractivity (Wildman–Crippen MR) is 119 cm³/mol. The van der Waals surface area contributed by atoms with Gasteiger partial charge in [0.05, 0.1) is 22.7 Å². The van der Waals surface area contributed by atoms with Gasteiger partial charge in [0.25, 0.3) is 5.69 Å². The number of nitrogens with one attached hydrogen (secondary N) is 1. The van der Waals surface area contributed by atoms with Crippen LogP contribution in [0.1, 0.15) is 11.3 Å². The van der Waals surface area contributed by atoms with Crippen molar-refractivity contribution in [3.63, 3.8) is 0 Å². The summed E-state index contributed by atoms with van der Waals surface area (Å²) in [7, 11) is 0. The number of anilines is 1. The molecule has 7 nitrogen and oxygen atoms in total. The summed E-state index contributed by atoms with van der Waals surface area (Å²) in [6.45, 7) is 1.67. The highest BCUT2D eigenvalue weighted by Crippen LogP contribution is 2.29. The zero-order valence-electron chi connectivity index (χ0n) is 16.2. The summed E-state index contributed by atoms with van der Waals surface area (Å²) in [6.07, 6.45) is 0.0523. The van der Waals surface area contributed by atoms with Crippen molar-refractivity contribution in [2.24, 2.45) is 0 Å². The molecule has 1 N–H and O–H groups in total. The Hall–Kier alpha value is -3.50. The average molecular weight is 455 g/mol. The number of hydrogen-bond acceptors (Lipinski definition) is 7. The van der Waals surface area contributed by atoms with Crippen molar-refractivity contribution in [3.05, 3.63) is 80.4 Å². The van der Waals surface area contributed by atoms with Crippen LogP contribution < -0.4 is 5.32 Å². The van der Waals surface area contributed by atoms with E-state index in [2.05, 4.69) is 15.3 Å². The van der Waals surface area contributed by atoms with Crippen LogP contribution in [0.25, 0.3) is 21.8 Å². The smallest absolute Gasteiger partial charge is 0.272 e. The number of aromatic nitrogens is 2. The van der Waals surface area contributed by atoms with Crippen LogP contribution in [0.3, 0.4) is 0 Å². The van der Waals surface area contributed by atoms with Crippen LogP contribution in [-0.2, 0) is 11.2 Å². The number of benzene rings is 2. The number of aryl methyl sites for hydroxylation is 1. The molecule has 0 unspecified atom stereocenters. The molecule has 0 fully saturated rings. The maximum atomic E-state index is 13.4. The molecular formula is C21H15FN4O3S2. The standard InChI is InChI=1S/C21H15FN4O3S2/c1-12-5-6-13(8-18(12)26(28)29)17-11-31-21(24-17)25-19(27)9-16-10-30-20(23-16)14-3-2-4-15(22)7-14/h2-8,10-11H,9H2,1H3,(H,24,25,27). The van der Waals surface area contributed by atoms with E-state index in [1.807, 2.05) is 0 Å². The summed E-state index contributed by atoms with van der Waals surface area (Å²) >= 11 is 2.57. The number of amides is 1. The minimum atomic E-state index is -0.431. The van der Waals surface area contributed by atoms with Crippen LogP contribution >= 0.6 is 22.7 Å². The first-order chi connectivity index (χ1) is 14.9. The minimum absolute atomic E-state index is 0.0220. The second kappa shape index (κ2) is 8.70. The van der Waals surface area contributed by atoms with E-state index in [9.17, 15) is 19.3 Å². The van der Waals surface area contributed by atoms with E-state index in [1.165, 1.54) is 40.9 Å². The van der Waals surface area contributed by atoms with Gasteiger partial charge in [0.1, 0.15) is 10.8 Å². The summed E-state index contributed by atoms with van der Waals surface area (Å²) in [5.74, 6) is -0.627. The number of rotatable bonds is 6. The number of halogens is 1. The Morgan fingerprint density at radius 3 is 2.74 bits per heavy atom. The number of nitro groups is 1. The molecule has 31 heavy (non-hydrogen) atoms. The lowest BCUT2D eigenvalue weighted by Gasteiger charge is -2.01. The molecule has 10 heteroatoms. The van der Waals surface area contributed by atoms with E-state index in [1.54, 1.807) is 41.9 Å². The molecule has 0 spiro atoms. The van der Waals surface area contributed by atoms with E-state index in [0.29, 0.717) is 38.2 Å². The summed E-state index contributed by atoms with van der Waals surface area (Å²) in [6, 6.07) is 11.0. The molecule has 1 amide bonds. The average Bonchev–Trinajstić information content (AvgIpc) is 3.38. The molecular weight excluding hydrogens is 439 g/mol. The second-order valence-corrected chi connectivity index (χ2v) is 8.39. The Morgan fingerprint density at radius 2 is 1.97 bits per heavy atom. The normalized spacial score (nSPS) is 10.8. The van der Waals surface area contributed by atoms with Crippen molar-refractivity contribution in [3.8, 4) is 21.8 Å². The molecule has 4 aromatic rings. The van der Waals surface area contributed by atoms with Crippen LogP contribution in [0, 0.1) is 22.9 Å². The summed E-state index contributed by atoms with van der Waals surface area (Å²) in [4.78, 5) is 31.9. The topological polar surface area (TPSA) is 98.0 Å². The predicted octanol–water partition coefficient (Wildman–Crippen LogP) is 5.47. The first-order valence-electron chi connectivity index (χ1n) is 9.10. The highest BCUT2D eigenvalue weighted by Gasteiger charge is 2.15. The van der Waals surface area contributed by atoms with E-state index < -0.39 is 4.92 Å². The maximum absolute atomic E-state index is 13.4. The third-order valence-electron chi connectivity index (χ3n) is 4.42. The number of hydrogen-bond donors (Lipinski definition) is 1. The molecule has 0 saturated heterocycles. The highest BCUT2D eigenvalue weighted by atomic mass is 32.1. The van der Waals surface area contributed by atoms with Gasteiger partial charge in [-0.2, -0.15) is 0 Å². The van der Waals surface area contributed by atoms with Gasteiger partial charge in [-0.25, -0.2) is 14.4 Å². The van der Waals surface area contributed by atoms with Crippen molar-refractivity contribution in [2.45, 2.75) is 13.3 Å². The zero-order valence-corrected chi connectivity index (χ0v) is 17.8. The lowest BCUT2D eigenvalue weighted by Crippen LogP contribution is -2.14. The third-order valence-corrected chi connectivity index (χ3v) is 6.12. The largest absolute Gasteiger partial charge is 0.302 e. The summed E-state index contributed by atoms with van der Waals surface area (Å²) in [5.41, 5.74) is 2.98. The third kappa shape index (κ3) is 4.81. The van der Waals surface area contributed by atoms with Crippen LogP contribution in [0.5, 0.6) is 0 Å². The van der Waals surface area contributed by atoms with Gasteiger partial charge in [0, 0.05) is 33.5 Å². The van der Waals surface area contributed by atoms with Crippen molar-refractivity contribution >= 4 is 39.4 Å². The van der Waals surface area contributed by atoms with Gasteiger partial charge in [0.2, 0.25) is 5.91 Å². The molecule has 0 aliphatic heterocycles. The fourth-order valence-electron chi connectivity index (χ4n) is 2.90. The number of thiazole rings is 2. The monoisotopic (exact) mass is 454 g/mol. The number of nitrogens with zero attached hydrogens (tertiary/aromatic N) is 3. The second-order valence-electron chi connectivity index (χ2n) is 6.68. The quantitative estimate of drug-likeness (QED) is 0.308. The number of nitro benzene ring substituents is 1. The first-order valence-corrected chi connectivity index (χ1v) is 10.9. The fourth-order valence-corrected chi connectivity index (χ4v) is 4.45. The van der Waals surface area contributed by atoms with Crippen molar-refractivity contribution in [1.82, 2.24) is 9.97 Å². The van der Waals surface area contributed by atoms with E-state index >= 15 is 0 Å². The van der Waals surface area contributed by atoms with Gasteiger partial charge in [0.15, 0.2) is 5.13 Å². The Kier molecular flexibility index (Phi) is 5.83. The maximum Gasteiger partial charge on any atom is 0.272 e. The van der Waals surface area contributed by atoms with Crippen LogP contribution in [0.2, 0.25) is 0 Å². The number of carbonyl (C=O) groups excluding carboxylic acids is 1. The molecule has 2 aromatic heterocycles. The fraction of sp³-hybridized carbons (Fsp3) is 0.0952. The molecule has 4 rings (SSSR count). The molecule has 2 heterocycles.